The van der Waals surface area contributed by atoms with Gasteiger partial charge in [0.1, 0.15) is 0 Å². The standard InChI is InChI=1S/C22H22O4/c1-25-21(23)19-11-15-7-3-5-9-17(15)13-20(22(24)26-2)14-18-10-6-4-8-16(18)12-19/h3-11,20H,12-14H2,1-2H3/b19-11-/t20-/m1/s1. The Kier molecular flexibility index (Phi) is 5.52. The van der Waals surface area contributed by atoms with E-state index in [1.54, 1.807) is 0 Å². The Morgan fingerprint density at radius 1 is 0.846 bits per heavy atom. The maximum Gasteiger partial charge on any atom is 0.334 e. The molecule has 0 N–H and O–H groups in total. The number of hydrogen-bond donors (Lipinski definition) is 0. The van der Waals surface area contributed by atoms with Gasteiger partial charge in [-0.2, -0.15) is 0 Å². The van der Waals surface area contributed by atoms with Crippen LogP contribution in [0.3, 0.4) is 0 Å². The summed E-state index contributed by atoms with van der Waals surface area (Å²) in [6.45, 7) is 0. The summed E-state index contributed by atoms with van der Waals surface area (Å²) < 4.78 is 10.0. The van der Waals surface area contributed by atoms with Crippen LogP contribution in [0.5, 0.6) is 0 Å². The van der Waals surface area contributed by atoms with E-state index in [0.717, 1.165) is 22.3 Å². The summed E-state index contributed by atoms with van der Waals surface area (Å²) in [6.07, 6.45) is 3.47. The molecule has 0 aromatic heterocycles. The zero-order valence-electron chi connectivity index (χ0n) is 15.0. The third-order valence-electron chi connectivity index (χ3n) is 4.80. The van der Waals surface area contributed by atoms with E-state index in [9.17, 15) is 9.59 Å². The predicted octanol–water partition coefficient (Wildman–Crippen LogP) is 3.37. The topological polar surface area (TPSA) is 52.6 Å². The van der Waals surface area contributed by atoms with Gasteiger partial charge in [-0.05, 0) is 41.2 Å². The maximum atomic E-state index is 12.4. The van der Waals surface area contributed by atoms with Crippen LogP contribution in [0, 0.1) is 5.92 Å². The molecular formula is C22H22O4. The largest absolute Gasteiger partial charge is 0.469 e. The zero-order chi connectivity index (χ0) is 18.5. The molecule has 0 radical (unpaired) electrons. The molecule has 0 spiro atoms. The van der Waals surface area contributed by atoms with Gasteiger partial charge in [0.2, 0.25) is 0 Å². The Balaban J connectivity index is 2.15. The fourth-order valence-electron chi connectivity index (χ4n) is 3.43. The van der Waals surface area contributed by atoms with Crippen molar-refractivity contribution in [2.45, 2.75) is 19.3 Å². The van der Waals surface area contributed by atoms with Crippen molar-refractivity contribution in [3.63, 3.8) is 0 Å². The Bertz CT molecular complexity index is 851. The van der Waals surface area contributed by atoms with Gasteiger partial charge in [-0.15, -0.1) is 0 Å². The molecule has 134 valence electrons. The summed E-state index contributed by atoms with van der Waals surface area (Å²) in [4.78, 5) is 24.7. The normalized spacial score (nSPS) is 18.5. The highest BCUT2D eigenvalue weighted by atomic mass is 16.5. The SMILES string of the molecule is COC(=O)/C1=C\c2ccccc2C[C@@H](C(=O)OC)Cc2ccccc2C1. The van der Waals surface area contributed by atoms with Gasteiger partial charge in [-0.1, -0.05) is 48.5 Å². The molecule has 26 heavy (non-hydrogen) atoms. The lowest BCUT2D eigenvalue weighted by Gasteiger charge is -2.20. The first-order chi connectivity index (χ1) is 12.6. The monoisotopic (exact) mass is 350 g/mol. The highest BCUT2D eigenvalue weighted by molar-refractivity contribution is 5.94. The molecule has 4 nitrogen and oxygen atoms in total. The third kappa shape index (κ3) is 3.85. The van der Waals surface area contributed by atoms with Gasteiger partial charge in [0.25, 0.3) is 0 Å². The number of benzene rings is 2. The molecule has 0 bridgehead atoms. The van der Waals surface area contributed by atoms with Crippen molar-refractivity contribution in [1.82, 2.24) is 0 Å². The van der Waals surface area contributed by atoms with Crippen LogP contribution in [-0.4, -0.2) is 26.2 Å². The highest BCUT2D eigenvalue weighted by Gasteiger charge is 2.24. The molecule has 4 heteroatoms. The molecule has 0 heterocycles. The van der Waals surface area contributed by atoms with Crippen LogP contribution in [-0.2, 0) is 38.3 Å². The molecule has 1 atom stereocenters. The molecule has 0 unspecified atom stereocenters. The van der Waals surface area contributed by atoms with Crippen molar-refractivity contribution in [3.05, 3.63) is 76.4 Å². The Labute approximate surface area is 153 Å². The lowest BCUT2D eigenvalue weighted by atomic mass is 9.85. The quantitative estimate of drug-likeness (QED) is 0.779. The molecule has 1 aliphatic rings. The van der Waals surface area contributed by atoms with Crippen molar-refractivity contribution in [3.8, 4) is 0 Å². The van der Waals surface area contributed by atoms with Crippen molar-refractivity contribution in [1.29, 1.82) is 0 Å². The second-order valence-electron chi connectivity index (χ2n) is 6.43. The van der Waals surface area contributed by atoms with Gasteiger partial charge in [0.15, 0.2) is 0 Å². The van der Waals surface area contributed by atoms with Crippen LogP contribution in [0.2, 0.25) is 0 Å². The number of fused-ring (bicyclic) bond motifs is 2. The minimum atomic E-state index is -0.334. The molecule has 0 saturated heterocycles. The van der Waals surface area contributed by atoms with E-state index in [1.165, 1.54) is 14.2 Å². The van der Waals surface area contributed by atoms with Crippen molar-refractivity contribution < 1.29 is 19.1 Å². The molecule has 0 aliphatic heterocycles. The van der Waals surface area contributed by atoms with Gasteiger partial charge < -0.3 is 9.47 Å². The zero-order valence-corrected chi connectivity index (χ0v) is 15.0. The number of methoxy groups -OCH3 is 2. The lowest BCUT2D eigenvalue weighted by Crippen LogP contribution is -2.23. The molecule has 1 aliphatic carbocycles. The average molecular weight is 350 g/mol. The van der Waals surface area contributed by atoms with Gasteiger partial charge in [-0.3, -0.25) is 4.79 Å². The molecule has 0 amide bonds. The first-order valence-corrected chi connectivity index (χ1v) is 8.63. The van der Waals surface area contributed by atoms with Crippen LogP contribution in [0.25, 0.3) is 6.08 Å². The summed E-state index contributed by atoms with van der Waals surface area (Å²) in [5.74, 6) is -0.817. The van der Waals surface area contributed by atoms with Gasteiger partial charge >= 0.3 is 11.9 Å². The lowest BCUT2D eigenvalue weighted by molar-refractivity contribution is -0.145. The molecule has 2 aromatic rings. The molecule has 0 saturated carbocycles. The number of carbonyl (C=O) groups is 2. The maximum absolute atomic E-state index is 12.4. The second-order valence-corrected chi connectivity index (χ2v) is 6.43. The Morgan fingerprint density at radius 2 is 1.46 bits per heavy atom. The predicted molar refractivity (Wildman–Crippen MR) is 99.5 cm³/mol. The minimum Gasteiger partial charge on any atom is -0.469 e. The van der Waals surface area contributed by atoms with Crippen LogP contribution in [0.1, 0.15) is 22.3 Å². The minimum absolute atomic E-state index is 0.215. The van der Waals surface area contributed by atoms with Crippen molar-refractivity contribution in [2.24, 2.45) is 5.92 Å². The van der Waals surface area contributed by atoms with E-state index in [1.807, 2.05) is 54.6 Å². The van der Waals surface area contributed by atoms with E-state index in [-0.39, 0.29) is 17.9 Å². The summed E-state index contributed by atoms with van der Waals surface area (Å²) in [7, 11) is 2.82. The number of hydrogen-bond acceptors (Lipinski definition) is 4. The van der Waals surface area contributed by atoms with Crippen molar-refractivity contribution in [2.75, 3.05) is 14.2 Å². The second kappa shape index (κ2) is 8.00. The first-order valence-electron chi connectivity index (χ1n) is 8.63. The summed E-state index contributed by atoms with van der Waals surface area (Å²) in [6, 6.07) is 15.7. The van der Waals surface area contributed by atoms with Crippen LogP contribution in [0.4, 0.5) is 0 Å². The van der Waals surface area contributed by atoms with Crippen molar-refractivity contribution >= 4 is 18.0 Å². The average Bonchev–Trinajstić information content (AvgIpc) is 2.68. The molecule has 2 aromatic carbocycles. The van der Waals surface area contributed by atoms with Gasteiger partial charge in [0, 0.05) is 12.0 Å². The van der Waals surface area contributed by atoms with E-state index < -0.39 is 0 Å². The summed E-state index contributed by atoms with van der Waals surface area (Å²) in [5, 5.41) is 0. The number of ether oxygens (including phenoxy) is 2. The third-order valence-corrected chi connectivity index (χ3v) is 4.80. The van der Waals surface area contributed by atoms with Crippen LogP contribution >= 0.6 is 0 Å². The van der Waals surface area contributed by atoms with Crippen LogP contribution < -0.4 is 0 Å². The van der Waals surface area contributed by atoms with E-state index in [0.29, 0.717) is 24.8 Å². The summed E-state index contributed by atoms with van der Waals surface area (Å²) in [5.41, 5.74) is 4.63. The molecule has 3 rings (SSSR count). The molecular weight excluding hydrogens is 328 g/mol. The van der Waals surface area contributed by atoms with E-state index in [4.69, 9.17) is 9.47 Å². The smallest absolute Gasteiger partial charge is 0.334 e. The van der Waals surface area contributed by atoms with Crippen LogP contribution in [0.15, 0.2) is 54.1 Å². The first kappa shape index (κ1) is 17.9. The van der Waals surface area contributed by atoms with E-state index in [2.05, 4.69) is 0 Å². The molecule has 0 fully saturated rings. The number of esters is 2. The fraction of sp³-hybridized carbons (Fsp3) is 0.273. The number of carbonyl (C=O) groups excluding carboxylic acids is 2. The fourth-order valence-corrected chi connectivity index (χ4v) is 3.43. The van der Waals surface area contributed by atoms with Gasteiger partial charge in [-0.25, -0.2) is 4.79 Å². The number of rotatable bonds is 2. The van der Waals surface area contributed by atoms with Gasteiger partial charge in [0.05, 0.1) is 20.1 Å². The summed E-state index contributed by atoms with van der Waals surface area (Å²) >= 11 is 0. The Hall–Kier alpha value is -2.88. The highest BCUT2D eigenvalue weighted by Crippen LogP contribution is 2.26. The Morgan fingerprint density at radius 3 is 2.15 bits per heavy atom. The van der Waals surface area contributed by atoms with E-state index >= 15 is 0 Å².